The fourth-order valence-corrected chi connectivity index (χ4v) is 2.70. The number of thioether (sulfide) groups is 1. The van der Waals surface area contributed by atoms with Crippen molar-refractivity contribution < 1.29 is 13.9 Å². The second kappa shape index (κ2) is 5.41. The van der Waals surface area contributed by atoms with Crippen LogP contribution >= 0.6 is 11.8 Å². The molecule has 0 spiro atoms. The molecule has 0 radical (unpaired) electrons. The molecule has 0 N–H and O–H groups in total. The Bertz CT molecular complexity index is 358. The number of hydrogen-bond acceptors (Lipinski definition) is 5. The van der Waals surface area contributed by atoms with Crippen LogP contribution in [0.15, 0.2) is 16.7 Å². The molecule has 2 heterocycles. The zero-order chi connectivity index (χ0) is 11.4. The highest BCUT2D eigenvalue weighted by Gasteiger charge is 2.18. The van der Waals surface area contributed by atoms with Gasteiger partial charge in [0, 0.05) is 24.6 Å². The second-order valence-electron chi connectivity index (χ2n) is 3.64. The summed E-state index contributed by atoms with van der Waals surface area (Å²) in [7, 11) is 1.39. The molecule has 88 valence electrons. The van der Waals surface area contributed by atoms with Crippen molar-refractivity contribution in [2.45, 2.75) is 6.54 Å². The van der Waals surface area contributed by atoms with Crippen molar-refractivity contribution in [3.05, 3.63) is 23.7 Å². The Hall–Kier alpha value is -0.940. The van der Waals surface area contributed by atoms with E-state index in [4.69, 9.17) is 9.15 Å². The quantitative estimate of drug-likeness (QED) is 0.752. The van der Waals surface area contributed by atoms with Crippen molar-refractivity contribution in [2.24, 2.45) is 0 Å². The molecule has 16 heavy (non-hydrogen) atoms. The number of furan rings is 1. The molecule has 1 aromatic heterocycles. The summed E-state index contributed by atoms with van der Waals surface area (Å²) in [5.41, 5.74) is 0.542. The first kappa shape index (κ1) is 11.5. The summed E-state index contributed by atoms with van der Waals surface area (Å²) < 4.78 is 10.0. The summed E-state index contributed by atoms with van der Waals surface area (Å²) in [5, 5.41) is 0. The van der Waals surface area contributed by atoms with E-state index < -0.39 is 0 Å². The van der Waals surface area contributed by atoms with Crippen molar-refractivity contribution in [1.29, 1.82) is 0 Å². The van der Waals surface area contributed by atoms with E-state index in [1.165, 1.54) is 7.11 Å². The van der Waals surface area contributed by atoms with Gasteiger partial charge in [-0.25, -0.2) is 4.79 Å². The SMILES string of the molecule is COC(=O)c1ccoc1CN1CCSCC1. The summed E-state index contributed by atoms with van der Waals surface area (Å²) in [6.45, 7) is 2.79. The fourth-order valence-electron chi connectivity index (χ4n) is 1.72. The molecule has 0 amide bonds. The summed E-state index contributed by atoms with van der Waals surface area (Å²) in [6, 6.07) is 1.67. The normalized spacial score (nSPS) is 17.3. The Morgan fingerprint density at radius 2 is 2.31 bits per heavy atom. The van der Waals surface area contributed by atoms with Crippen molar-refractivity contribution in [1.82, 2.24) is 4.90 Å². The number of methoxy groups -OCH3 is 1. The number of carbonyl (C=O) groups is 1. The molecule has 4 nitrogen and oxygen atoms in total. The molecule has 5 heteroatoms. The third kappa shape index (κ3) is 2.59. The molecule has 0 aromatic carbocycles. The van der Waals surface area contributed by atoms with Gasteiger partial charge in [-0.15, -0.1) is 0 Å². The van der Waals surface area contributed by atoms with Gasteiger partial charge < -0.3 is 9.15 Å². The van der Waals surface area contributed by atoms with Crippen LogP contribution in [0.25, 0.3) is 0 Å². The zero-order valence-corrected chi connectivity index (χ0v) is 10.1. The summed E-state index contributed by atoms with van der Waals surface area (Å²) in [5.74, 6) is 2.68. The van der Waals surface area contributed by atoms with E-state index in [0.29, 0.717) is 17.9 Å². The molecule has 1 saturated heterocycles. The highest BCUT2D eigenvalue weighted by Crippen LogP contribution is 2.17. The second-order valence-corrected chi connectivity index (χ2v) is 4.86. The van der Waals surface area contributed by atoms with Crippen LogP contribution in [0, 0.1) is 0 Å². The molecule has 1 fully saturated rings. The monoisotopic (exact) mass is 241 g/mol. The summed E-state index contributed by atoms with van der Waals surface area (Å²) >= 11 is 1.96. The van der Waals surface area contributed by atoms with E-state index in [1.54, 1.807) is 12.3 Å². The molecular weight excluding hydrogens is 226 g/mol. The molecule has 1 aliphatic rings. The van der Waals surface area contributed by atoms with E-state index in [1.807, 2.05) is 11.8 Å². The Balaban J connectivity index is 2.03. The lowest BCUT2D eigenvalue weighted by Crippen LogP contribution is -2.32. The Labute approximate surface area is 98.9 Å². The molecular formula is C11H15NO3S. The molecule has 0 aliphatic carbocycles. The fraction of sp³-hybridized carbons (Fsp3) is 0.545. The van der Waals surface area contributed by atoms with E-state index in [-0.39, 0.29) is 5.97 Å². The zero-order valence-electron chi connectivity index (χ0n) is 9.27. The van der Waals surface area contributed by atoms with Crippen molar-refractivity contribution in [3.8, 4) is 0 Å². The predicted octanol–water partition coefficient (Wildman–Crippen LogP) is 1.61. The topological polar surface area (TPSA) is 42.7 Å². The van der Waals surface area contributed by atoms with E-state index in [0.717, 1.165) is 24.6 Å². The number of ether oxygens (including phenoxy) is 1. The predicted molar refractivity (Wildman–Crippen MR) is 62.6 cm³/mol. The van der Waals surface area contributed by atoms with Crippen LogP contribution in [0.4, 0.5) is 0 Å². The van der Waals surface area contributed by atoms with Crippen LogP contribution in [-0.4, -0.2) is 42.6 Å². The van der Waals surface area contributed by atoms with Crippen molar-refractivity contribution in [2.75, 3.05) is 31.7 Å². The van der Waals surface area contributed by atoms with Crippen LogP contribution < -0.4 is 0 Å². The third-order valence-electron chi connectivity index (χ3n) is 2.62. The van der Waals surface area contributed by atoms with Gasteiger partial charge in [0.15, 0.2) is 0 Å². The lowest BCUT2D eigenvalue weighted by molar-refractivity contribution is 0.0596. The summed E-state index contributed by atoms with van der Waals surface area (Å²) in [6.07, 6.45) is 1.54. The largest absolute Gasteiger partial charge is 0.467 e. The summed E-state index contributed by atoms with van der Waals surface area (Å²) in [4.78, 5) is 13.7. The van der Waals surface area contributed by atoms with Gasteiger partial charge in [-0.05, 0) is 6.07 Å². The molecule has 0 saturated carbocycles. The number of nitrogens with zero attached hydrogens (tertiary/aromatic N) is 1. The minimum Gasteiger partial charge on any atom is -0.467 e. The Morgan fingerprint density at radius 1 is 1.56 bits per heavy atom. The standard InChI is InChI=1S/C11H15NO3S/c1-14-11(13)9-2-5-15-10(9)8-12-3-6-16-7-4-12/h2,5H,3-4,6-8H2,1H3. The van der Waals surface area contributed by atoms with Gasteiger partial charge >= 0.3 is 5.97 Å². The lowest BCUT2D eigenvalue weighted by Gasteiger charge is -2.25. The smallest absolute Gasteiger partial charge is 0.341 e. The average Bonchev–Trinajstić information content (AvgIpc) is 2.77. The highest BCUT2D eigenvalue weighted by molar-refractivity contribution is 7.99. The minimum absolute atomic E-state index is 0.324. The number of carbonyl (C=O) groups excluding carboxylic acids is 1. The Kier molecular flexibility index (Phi) is 3.90. The van der Waals surface area contributed by atoms with Crippen LogP contribution in [0.1, 0.15) is 16.1 Å². The molecule has 1 aliphatic heterocycles. The van der Waals surface area contributed by atoms with Gasteiger partial charge in [0.25, 0.3) is 0 Å². The van der Waals surface area contributed by atoms with Gasteiger partial charge in [-0.1, -0.05) is 0 Å². The first-order chi connectivity index (χ1) is 7.81. The molecule has 0 atom stereocenters. The van der Waals surface area contributed by atoms with Crippen LogP contribution in [0.2, 0.25) is 0 Å². The molecule has 0 bridgehead atoms. The average molecular weight is 241 g/mol. The maximum absolute atomic E-state index is 11.4. The van der Waals surface area contributed by atoms with E-state index in [9.17, 15) is 4.79 Å². The maximum Gasteiger partial charge on any atom is 0.341 e. The first-order valence-electron chi connectivity index (χ1n) is 5.26. The van der Waals surface area contributed by atoms with Crippen LogP contribution in [-0.2, 0) is 11.3 Å². The lowest BCUT2D eigenvalue weighted by atomic mass is 10.2. The number of hydrogen-bond donors (Lipinski definition) is 0. The van der Waals surface area contributed by atoms with Gasteiger partial charge in [0.2, 0.25) is 0 Å². The minimum atomic E-state index is -0.324. The molecule has 2 rings (SSSR count). The van der Waals surface area contributed by atoms with Gasteiger partial charge in [0.05, 0.1) is 19.9 Å². The molecule has 1 aromatic rings. The maximum atomic E-state index is 11.4. The number of rotatable bonds is 3. The van der Waals surface area contributed by atoms with Gasteiger partial charge in [0.1, 0.15) is 11.3 Å². The van der Waals surface area contributed by atoms with Crippen molar-refractivity contribution >= 4 is 17.7 Å². The highest BCUT2D eigenvalue weighted by atomic mass is 32.2. The third-order valence-corrected chi connectivity index (χ3v) is 3.56. The van der Waals surface area contributed by atoms with Gasteiger partial charge in [-0.2, -0.15) is 11.8 Å². The number of esters is 1. The Morgan fingerprint density at radius 3 is 3.00 bits per heavy atom. The van der Waals surface area contributed by atoms with Crippen LogP contribution in [0.5, 0.6) is 0 Å². The van der Waals surface area contributed by atoms with E-state index >= 15 is 0 Å². The van der Waals surface area contributed by atoms with Crippen molar-refractivity contribution in [3.63, 3.8) is 0 Å². The van der Waals surface area contributed by atoms with Gasteiger partial charge in [-0.3, -0.25) is 4.90 Å². The first-order valence-corrected chi connectivity index (χ1v) is 6.41. The van der Waals surface area contributed by atoms with E-state index in [2.05, 4.69) is 4.90 Å². The van der Waals surface area contributed by atoms with Crippen LogP contribution in [0.3, 0.4) is 0 Å². The molecule has 0 unspecified atom stereocenters.